The van der Waals surface area contributed by atoms with E-state index in [2.05, 4.69) is 28.6 Å². The van der Waals surface area contributed by atoms with Crippen LogP contribution in [-0.4, -0.2) is 60.5 Å². The van der Waals surface area contributed by atoms with Gasteiger partial charge in [-0.2, -0.15) is 4.68 Å². The second kappa shape index (κ2) is 8.27. The highest BCUT2D eigenvalue weighted by Gasteiger charge is 2.34. The summed E-state index contributed by atoms with van der Waals surface area (Å²) in [6, 6.07) is 4.07. The summed E-state index contributed by atoms with van der Waals surface area (Å²) in [5.74, 6) is 6.80. The Hall–Kier alpha value is -2.99. The van der Waals surface area contributed by atoms with Gasteiger partial charge in [-0.15, -0.1) is 0 Å². The van der Waals surface area contributed by atoms with Crippen molar-refractivity contribution in [1.82, 2.24) is 14.1 Å². The van der Waals surface area contributed by atoms with Crippen LogP contribution in [0.2, 0.25) is 0 Å². The summed E-state index contributed by atoms with van der Waals surface area (Å²) in [5, 5.41) is 0.401. The van der Waals surface area contributed by atoms with Crippen molar-refractivity contribution in [2.45, 2.75) is 38.3 Å². The number of nitrogen functional groups attached to an aromatic ring is 1. The lowest BCUT2D eigenvalue weighted by Crippen LogP contribution is -2.44. The van der Waals surface area contributed by atoms with Crippen LogP contribution in [0.4, 0.5) is 5.69 Å². The Balaban J connectivity index is 1.72. The number of rotatable bonds is 7. The number of methoxy groups -OCH3 is 1. The minimum absolute atomic E-state index is 0.0528. The third kappa shape index (κ3) is 3.65. The average Bonchev–Trinajstić information content (AvgIpc) is 3.49. The van der Waals surface area contributed by atoms with E-state index >= 15 is 0 Å². The smallest absolute Gasteiger partial charge is 0.350 e. The summed E-state index contributed by atoms with van der Waals surface area (Å²) in [6.45, 7) is 12.2. The summed E-state index contributed by atoms with van der Waals surface area (Å²) in [4.78, 5) is 33.5. The fourth-order valence-corrected chi connectivity index (χ4v) is 4.69. The molecular weight excluding hydrogens is 396 g/mol. The summed E-state index contributed by atoms with van der Waals surface area (Å²) in [6.07, 6.45) is 2.81. The van der Waals surface area contributed by atoms with Gasteiger partial charge in [0.05, 0.1) is 24.7 Å². The number of hydrogen-bond donors (Lipinski definition) is 1. The zero-order valence-corrected chi connectivity index (χ0v) is 18.4. The average molecular weight is 427 g/mol. The second-order valence-corrected chi connectivity index (χ2v) is 8.67. The summed E-state index contributed by atoms with van der Waals surface area (Å²) < 4.78 is 8.13. The van der Waals surface area contributed by atoms with Gasteiger partial charge in [0.15, 0.2) is 5.75 Å². The Labute approximate surface area is 181 Å². The number of nitrogens with two attached hydrogens (primary N) is 1. The van der Waals surface area contributed by atoms with E-state index in [0.717, 1.165) is 44.6 Å². The maximum atomic E-state index is 12.8. The summed E-state index contributed by atoms with van der Waals surface area (Å²) in [5.41, 5.74) is 0.447. The molecule has 2 atom stereocenters. The zero-order chi connectivity index (χ0) is 22.3. The van der Waals surface area contributed by atoms with E-state index in [1.807, 2.05) is 6.07 Å². The van der Waals surface area contributed by atoms with Crippen molar-refractivity contribution >= 4 is 16.6 Å². The molecule has 31 heavy (non-hydrogen) atoms. The first-order chi connectivity index (χ1) is 14.9. The van der Waals surface area contributed by atoms with Crippen LogP contribution in [0.3, 0.4) is 0 Å². The first-order valence-corrected chi connectivity index (χ1v) is 10.8. The van der Waals surface area contributed by atoms with Crippen LogP contribution in [0.1, 0.15) is 32.2 Å². The van der Waals surface area contributed by atoms with Gasteiger partial charge >= 0.3 is 5.69 Å². The molecule has 4 rings (SSSR count). The number of hydrogen-bond acceptors (Lipinski definition) is 6. The molecule has 2 heterocycles. The van der Waals surface area contributed by atoms with Crippen molar-refractivity contribution in [3.8, 4) is 5.75 Å². The largest absolute Gasteiger partial charge is 0.492 e. The van der Waals surface area contributed by atoms with Gasteiger partial charge in [0.1, 0.15) is 5.52 Å². The molecule has 2 aromatic rings. The van der Waals surface area contributed by atoms with Crippen LogP contribution in [-0.2, 0) is 0 Å². The molecule has 0 bridgehead atoms. The van der Waals surface area contributed by atoms with Crippen molar-refractivity contribution in [1.29, 1.82) is 0 Å². The zero-order valence-electron chi connectivity index (χ0n) is 18.4. The molecule has 2 aliphatic rings. The van der Waals surface area contributed by atoms with Gasteiger partial charge < -0.3 is 20.3 Å². The Bertz CT molecular complexity index is 1140. The molecule has 2 fully saturated rings. The van der Waals surface area contributed by atoms with Gasteiger partial charge in [-0.3, -0.25) is 14.3 Å². The molecule has 9 nitrogen and oxygen atoms in total. The first kappa shape index (κ1) is 21.2. The number of aromatic nitrogens is 2. The highest BCUT2D eigenvalue weighted by atomic mass is 16.5. The molecule has 1 aliphatic carbocycles. The Kier molecular flexibility index (Phi) is 5.67. The lowest BCUT2D eigenvalue weighted by molar-refractivity contribution is 0.207. The van der Waals surface area contributed by atoms with E-state index in [-0.39, 0.29) is 6.04 Å². The first-order valence-electron chi connectivity index (χ1n) is 10.8. The minimum Gasteiger partial charge on any atom is -0.492 e. The van der Waals surface area contributed by atoms with Gasteiger partial charge in [-0.25, -0.2) is 11.4 Å². The van der Waals surface area contributed by atoms with Crippen molar-refractivity contribution in [2.75, 3.05) is 51.1 Å². The molecule has 0 spiro atoms. The third-order valence-electron chi connectivity index (χ3n) is 6.84. The van der Waals surface area contributed by atoms with Crippen molar-refractivity contribution in [3.05, 3.63) is 44.4 Å². The Morgan fingerprint density at radius 2 is 2.06 bits per heavy atom. The number of ether oxygens (including phenoxy) is 1. The van der Waals surface area contributed by atoms with Crippen molar-refractivity contribution in [3.63, 3.8) is 0 Å². The quantitative estimate of drug-likeness (QED) is 0.530. The van der Waals surface area contributed by atoms with Crippen LogP contribution >= 0.6 is 0 Å². The van der Waals surface area contributed by atoms with Gasteiger partial charge in [-0.05, 0) is 51.3 Å². The summed E-state index contributed by atoms with van der Waals surface area (Å²) in [7, 11) is 3.66. The predicted molar refractivity (Wildman–Crippen MR) is 121 cm³/mol. The molecule has 166 valence electrons. The predicted octanol–water partition coefficient (Wildman–Crippen LogP) is 1.29. The third-order valence-corrected chi connectivity index (χ3v) is 6.84. The highest BCUT2D eigenvalue weighted by molar-refractivity contribution is 5.90. The van der Waals surface area contributed by atoms with Crippen LogP contribution in [0, 0.1) is 12.5 Å². The molecule has 2 N–H and O–H groups in total. The second-order valence-electron chi connectivity index (χ2n) is 8.67. The van der Waals surface area contributed by atoms with E-state index in [1.165, 1.54) is 0 Å². The van der Waals surface area contributed by atoms with Gasteiger partial charge in [-0.1, -0.05) is 0 Å². The number of anilines is 1. The van der Waals surface area contributed by atoms with E-state index in [1.54, 1.807) is 17.7 Å². The van der Waals surface area contributed by atoms with Crippen LogP contribution < -0.4 is 26.7 Å². The topological polar surface area (TPSA) is 90.1 Å². The molecular formula is C22H30N6O3. The van der Waals surface area contributed by atoms with Gasteiger partial charge in [0.2, 0.25) is 6.54 Å². The number of nitrogens with zero attached hydrogens (tertiary/aromatic N) is 5. The van der Waals surface area contributed by atoms with Crippen molar-refractivity contribution < 1.29 is 4.74 Å². The maximum Gasteiger partial charge on any atom is 0.350 e. The fraction of sp³-hybridized carbons (Fsp3) is 0.591. The molecule has 9 heteroatoms. The van der Waals surface area contributed by atoms with Crippen molar-refractivity contribution in [2.24, 2.45) is 5.92 Å². The number of likely N-dealkylation sites (N-methyl/N-ethyl adjacent to an activating group) is 1. The molecule has 0 radical (unpaired) electrons. The maximum absolute atomic E-state index is 12.8. The van der Waals surface area contributed by atoms with E-state index in [9.17, 15) is 9.59 Å². The SMILES string of the molecule is [C-]#[N+]CCN(C)C(C)C1CCN(c2ccc3c(=O)n(N)c(=O)n(C4CC4)c3c2OC)C1. The lowest BCUT2D eigenvalue weighted by Gasteiger charge is -2.29. The van der Waals surface area contributed by atoms with E-state index < -0.39 is 11.2 Å². The van der Waals surface area contributed by atoms with Crippen LogP contribution in [0.5, 0.6) is 5.75 Å². The fourth-order valence-electron chi connectivity index (χ4n) is 4.69. The minimum atomic E-state index is -0.504. The van der Waals surface area contributed by atoms with Gasteiger partial charge in [0, 0.05) is 25.2 Å². The number of benzene rings is 1. The molecule has 2 unspecified atom stereocenters. The number of fused-ring (bicyclic) bond motifs is 1. The lowest BCUT2D eigenvalue weighted by atomic mass is 9.99. The summed E-state index contributed by atoms with van der Waals surface area (Å²) >= 11 is 0. The molecule has 1 aromatic heterocycles. The van der Waals surface area contributed by atoms with Crippen LogP contribution in [0.15, 0.2) is 21.7 Å². The molecule has 1 aromatic carbocycles. The normalized spacial score (nSPS) is 19.7. The van der Waals surface area contributed by atoms with Gasteiger partial charge in [0.25, 0.3) is 5.56 Å². The Morgan fingerprint density at radius 3 is 2.71 bits per heavy atom. The van der Waals surface area contributed by atoms with E-state index in [0.29, 0.717) is 39.8 Å². The van der Waals surface area contributed by atoms with E-state index in [4.69, 9.17) is 17.2 Å². The molecule has 1 saturated carbocycles. The Morgan fingerprint density at radius 1 is 1.32 bits per heavy atom. The molecule has 1 aliphatic heterocycles. The monoisotopic (exact) mass is 426 g/mol. The van der Waals surface area contributed by atoms with Crippen LogP contribution in [0.25, 0.3) is 15.7 Å². The molecule has 0 amide bonds. The molecule has 1 saturated heterocycles. The standard InChI is InChI=1S/C22H30N6O3/c1-14(25(3)12-10-24-2)15-9-11-26(13-15)18-8-7-17-19(20(18)31-4)27(16-5-6-16)22(30)28(23)21(17)29/h7-8,14-16H,5-6,9-13,23H2,1,3-4H3. The highest BCUT2D eigenvalue weighted by Crippen LogP contribution is 2.42.